The molecule has 2 aliphatic rings. The SMILES string of the molecule is CCOc1cc(C2/C(=C(\O)c3ccc4c(c3)OCCO4)C(=O)C(=O)N2CCN(C)C)ccc1O. The quantitative estimate of drug-likeness (QED) is 0.363. The standard InChI is InChI=1S/C25H28N2O7/c1-4-32-19-13-15(5-7-17(19)28)22-21(24(30)25(31)27(22)10-9-26(2)3)23(29)16-6-8-18-20(14-16)34-12-11-33-18/h5-8,13-14,22,28-29H,4,9-12H2,1-3H3/b23-21+. The minimum atomic E-state index is -0.854. The summed E-state index contributed by atoms with van der Waals surface area (Å²) < 4.78 is 16.7. The lowest BCUT2D eigenvalue weighted by atomic mass is 9.94. The van der Waals surface area contributed by atoms with Gasteiger partial charge in [-0.15, -0.1) is 0 Å². The molecule has 1 unspecified atom stereocenters. The molecule has 1 amide bonds. The molecule has 1 atom stereocenters. The summed E-state index contributed by atoms with van der Waals surface area (Å²) in [5, 5.41) is 21.4. The molecule has 0 aliphatic carbocycles. The number of phenolic OH excluding ortho intramolecular Hbond substituents is 1. The number of carbonyl (C=O) groups excluding carboxylic acids is 2. The highest BCUT2D eigenvalue weighted by atomic mass is 16.6. The van der Waals surface area contributed by atoms with Crippen molar-refractivity contribution in [3.8, 4) is 23.0 Å². The molecule has 180 valence electrons. The summed E-state index contributed by atoms with van der Waals surface area (Å²) >= 11 is 0. The molecule has 2 aromatic rings. The van der Waals surface area contributed by atoms with E-state index in [9.17, 15) is 19.8 Å². The predicted molar refractivity (Wildman–Crippen MR) is 124 cm³/mol. The van der Waals surface area contributed by atoms with Crippen LogP contribution in [0, 0.1) is 0 Å². The summed E-state index contributed by atoms with van der Waals surface area (Å²) in [6, 6.07) is 8.69. The fourth-order valence-corrected chi connectivity index (χ4v) is 4.08. The first-order valence-electron chi connectivity index (χ1n) is 11.1. The Morgan fingerprint density at radius 3 is 2.56 bits per heavy atom. The van der Waals surface area contributed by atoms with E-state index in [1.807, 2.05) is 19.0 Å². The van der Waals surface area contributed by atoms with Crippen LogP contribution in [-0.4, -0.2) is 78.7 Å². The van der Waals surface area contributed by atoms with Crippen LogP contribution in [0.5, 0.6) is 23.0 Å². The molecule has 2 aliphatic heterocycles. The zero-order valence-corrected chi connectivity index (χ0v) is 19.4. The monoisotopic (exact) mass is 468 g/mol. The van der Waals surface area contributed by atoms with E-state index < -0.39 is 17.7 Å². The molecule has 0 bridgehead atoms. The molecule has 1 saturated heterocycles. The van der Waals surface area contributed by atoms with Crippen molar-refractivity contribution < 1.29 is 34.0 Å². The molecule has 0 spiro atoms. The maximum Gasteiger partial charge on any atom is 0.295 e. The van der Waals surface area contributed by atoms with Gasteiger partial charge in [0.2, 0.25) is 0 Å². The molecular formula is C25H28N2O7. The van der Waals surface area contributed by atoms with Crippen LogP contribution < -0.4 is 14.2 Å². The van der Waals surface area contributed by atoms with E-state index in [4.69, 9.17) is 14.2 Å². The Labute approximate surface area is 197 Å². The summed E-state index contributed by atoms with van der Waals surface area (Å²) in [5.74, 6) is -0.597. The molecule has 34 heavy (non-hydrogen) atoms. The number of ether oxygens (including phenoxy) is 3. The van der Waals surface area contributed by atoms with Gasteiger partial charge in [0.05, 0.1) is 18.2 Å². The number of nitrogens with zero attached hydrogens (tertiary/aromatic N) is 2. The van der Waals surface area contributed by atoms with Crippen molar-refractivity contribution in [3.63, 3.8) is 0 Å². The number of amides is 1. The second-order valence-electron chi connectivity index (χ2n) is 8.31. The highest BCUT2D eigenvalue weighted by molar-refractivity contribution is 6.46. The summed E-state index contributed by atoms with van der Waals surface area (Å²) in [4.78, 5) is 29.6. The number of aliphatic hydroxyl groups excluding tert-OH is 1. The van der Waals surface area contributed by atoms with Gasteiger partial charge >= 0.3 is 0 Å². The van der Waals surface area contributed by atoms with Gasteiger partial charge in [-0.2, -0.15) is 0 Å². The first kappa shape index (κ1) is 23.4. The van der Waals surface area contributed by atoms with Gasteiger partial charge in [-0.05, 0) is 56.9 Å². The summed E-state index contributed by atoms with van der Waals surface area (Å²) in [6.45, 7) is 3.71. The number of hydrogen-bond acceptors (Lipinski definition) is 8. The minimum absolute atomic E-state index is 0.0337. The Morgan fingerprint density at radius 2 is 1.85 bits per heavy atom. The maximum absolute atomic E-state index is 13.2. The third-order valence-electron chi connectivity index (χ3n) is 5.74. The summed E-state index contributed by atoms with van der Waals surface area (Å²) in [7, 11) is 3.74. The van der Waals surface area contributed by atoms with Gasteiger partial charge in [0.25, 0.3) is 11.7 Å². The van der Waals surface area contributed by atoms with Gasteiger partial charge in [0.1, 0.15) is 19.0 Å². The van der Waals surface area contributed by atoms with Gasteiger partial charge in [0, 0.05) is 18.7 Å². The lowest BCUT2D eigenvalue weighted by Crippen LogP contribution is -2.35. The third kappa shape index (κ3) is 4.38. The number of carbonyl (C=O) groups is 2. The van der Waals surface area contributed by atoms with E-state index in [0.717, 1.165) is 0 Å². The normalized spacial score (nSPS) is 19.1. The number of likely N-dealkylation sites (N-methyl/N-ethyl adjacent to an activating group) is 1. The number of fused-ring (bicyclic) bond motifs is 1. The summed E-state index contributed by atoms with van der Waals surface area (Å²) in [6.07, 6.45) is 0. The maximum atomic E-state index is 13.2. The Balaban J connectivity index is 1.84. The smallest absolute Gasteiger partial charge is 0.295 e. The highest BCUT2D eigenvalue weighted by Gasteiger charge is 2.46. The Morgan fingerprint density at radius 1 is 1.12 bits per heavy atom. The molecule has 2 heterocycles. The minimum Gasteiger partial charge on any atom is -0.507 e. The van der Waals surface area contributed by atoms with Gasteiger partial charge in [-0.25, -0.2) is 0 Å². The number of benzene rings is 2. The topological polar surface area (TPSA) is 109 Å². The van der Waals surface area contributed by atoms with E-state index in [0.29, 0.717) is 49.0 Å². The van der Waals surface area contributed by atoms with E-state index in [1.165, 1.54) is 11.0 Å². The molecule has 0 aromatic heterocycles. The van der Waals surface area contributed by atoms with Crippen LogP contribution in [0.1, 0.15) is 24.1 Å². The molecule has 0 radical (unpaired) electrons. The van der Waals surface area contributed by atoms with Gasteiger partial charge < -0.3 is 34.2 Å². The average Bonchev–Trinajstić information content (AvgIpc) is 3.08. The molecule has 2 aromatic carbocycles. The Bertz CT molecular complexity index is 1140. The van der Waals surface area contributed by atoms with Crippen LogP contribution in [0.15, 0.2) is 42.0 Å². The van der Waals surface area contributed by atoms with Crippen molar-refractivity contribution in [3.05, 3.63) is 53.1 Å². The zero-order valence-electron chi connectivity index (χ0n) is 19.4. The number of phenols is 1. The number of Topliss-reactive ketones (excluding diaryl/α,β-unsaturated/α-hetero) is 1. The molecule has 9 heteroatoms. The van der Waals surface area contributed by atoms with Crippen LogP contribution >= 0.6 is 0 Å². The van der Waals surface area contributed by atoms with Crippen LogP contribution in [-0.2, 0) is 9.59 Å². The molecule has 2 N–H and O–H groups in total. The first-order valence-corrected chi connectivity index (χ1v) is 11.1. The largest absolute Gasteiger partial charge is 0.507 e. The van der Waals surface area contributed by atoms with E-state index in [-0.39, 0.29) is 29.4 Å². The van der Waals surface area contributed by atoms with Gasteiger partial charge in [-0.3, -0.25) is 9.59 Å². The van der Waals surface area contributed by atoms with Crippen molar-refractivity contribution in [2.24, 2.45) is 0 Å². The van der Waals surface area contributed by atoms with Gasteiger partial charge in [-0.1, -0.05) is 6.07 Å². The lowest BCUT2D eigenvalue weighted by Gasteiger charge is -2.27. The third-order valence-corrected chi connectivity index (χ3v) is 5.74. The second kappa shape index (κ2) is 9.64. The molecule has 4 rings (SSSR count). The van der Waals surface area contributed by atoms with Crippen molar-refractivity contribution in [1.29, 1.82) is 0 Å². The molecule has 1 fully saturated rings. The van der Waals surface area contributed by atoms with Crippen LogP contribution in [0.4, 0.5) is 0 Å². The van der Waals surface area contributed by atoms with Gasteiger partial charge in [0.15, 0.2) is 23.0 Å². The molecule has 0 saturated carbocycles. The van der Waals surface area contributed by atoms with Crippen LogP contribution in [0.2, 0.25) is 0 Å². The van der Waals surface area contributed by atoms with E-state index >= 15 is 0 Å². The van der Waals surface area contributed by atoms with E-state index in [1.54, 1.807) is 37.3 Å². The first-order chi connectivity index (χ1) is 16.3. The number of ketones is 1. The Hall–Kier alpha value is -3.72. The van der Waals surface area contributed by atoms with Crippen molar-refractivity contribution in [2.45, 2.75) is 13.0 Å². The number of aliphatic hydroxyl groups is 1. The number of aromatic hydroxyl groups is 1. The summed E-state index contributed by atoms with van der Waals surface area (Å²) in [5.41, 5.74) is 0.843. The number of rotatable bonds is 7. The van der Waals surface area contributed by atoms with Crippen LogP contribution in [0.25, 0.3) is 5.76 Å². The van der Waals surface area contributed by atoms with Crippen molar-refractivity contribution in [2.75, 3.05) is 47.0 Å². The Kier molecular flexibility index (Phi) is 6.65. The highest BCUT2D eigenvalue weighted by Crippen LogP contribution is 2.42. The fraction of sp³-hybridized carbons (Fsp3) is 0.360. The zero-order chi connectivity index (χ0) is 24.4. The van der Waals surface area contributed by atoms with E-state index in [2.05, 4.69) is 0 Å². The van der Waals surface area contributed by atoms with Crippen molar-refractivity contribution in [1.82, 2.24) is 9.80 Å². The molecule has 9 nitrogen and oxygen atoms in total. The number of likely N-dealkylation sites (tertiary alicyclic amines) is 1. The second-order valence-corrected chi connectivity index (χ2v) is 8.31. The number of hydrogen-bond donors (Lipinski definition) is 2. The van der Waals surface area contributed by atoms with Crippen LogP contribution in [0.3, 0.4) is 0 Å². The fourth-order valence-electron chi connectivity index (χ4n) is 4.08. The average molecular weight is 469 g/mol. The predicted octanol–water partition coefficient (Wildman–Crippen LogP) is 2.55. The molecular weight excluding hydrogens is 440 g/mol. The van der Waals surface area contributed by atoms with Crippen molar-refractivity contribution >= 4 is 17.4 Å². The lowest BCUT2D eigenvalue weighted by molar-refractivity contribution is -0.140.